The second-order valence-electron chi connectivity index (χ2n) is 20.0. The van der Waals surface area contributed by atoms with Gasteiger partial charge in [-0.05, 0) is 149 Å². The van der Waals surface area contributed by atoms with Crippen molar-refractivity contribution in [2.75, 3.05) is 77.7 Å². The quantitative estimate of drug-likeness (QED) is 0.0415. The van der Waals surface area contributed by atoms with Gasteiger partial charge in [0.2, 0.25) is 10.0 Å². The smallest absolute Gasteiger partial charge is 0.481 e. The average Bonchev–Trinajstić information content (AvgIpc) is 3.99. The number of sulfone groups is 1. The normalized spacial score (nSPS) is 15.5. The Hall–Kier alpha value is -6.31. The molecule has 0 radical (unpaired) electrons. The molecule has 8 rings (SSSR count). The van der Waals surface area contributed by atoms with Gasteiger partial charge in [0, 0.05) is 88.8 Å². The number of carboxylic acids is 1. The van der Waals surface area contributed by atoms with Crippen LogP contribution in [0.2, 0.25) is 5.02 Å². The van der Waals surface area contributed by atoms with Crippen LogP contribution in [0, 0.1) is 18.7 Å². The van der Waals surface area contributed by atoms with Crippen LogP contribution in [0.5, 0.6) is 0 Å². The maximum absolute atomic E-state index is 15.9. The lowest BCUT2D eigenvalue weighted by atomic mass is 9.95. The van der Waals surface area contributed by atoms with Crippen molar-refractivity contribution in [3.05, 3.63) is 137 Å². The van der Waals surface area contributed by atoms with Crippen LogP contribution in [-0.2, 0) is 34.7 Å². The Kier molecular flexibility index (Phi) is 18.3. The molecule has 1 aromatic heterocycles. The summed E-state index contributed by atoms with van der Waals surface area (Å²) in [7, 11) is -14.8. The molecule has 2 saturated heterocycles. The van der Waals surface area contributed by atoms with E-state index in [1.54, 1.807) is 49.4 Å². The summed E-state index contributed by atoms with van der Waals surface area (Å²) < 4.78 is 144. The number of nitrogens with zero attached hydrogens (tertiary/aromatic N) is 4. The highest BCUT2D eigenvalue weighted by Crippen LogP contribution is 2.43. The van der Waals surface area contributed by atoms with Crippen molar-refractivity contribution in [3.8, 4) is 22.4 Å². The molecule has 6 aromatic rings. The molecule has 0 bridgehead atoms. The number of benzene rings is 5. The van der Waals surface area contributed by atoms with Crippen LogP contribution in [-0.4, -0.2) is 121 Å². The van der Waals surface area contributed by atoms with E-state index >= 15 is 4.39 Å². The fourth-order valence-electron chi connectivity index (χ4n) is 10.1. The highest BCUT2D eigenvalue weighted by molar-refractivity contribution is 7.99. The van der Waals surface area contributed by atoms with Gasteiger partial charge >= 0.3 is 11.5 Å². The molecule has 16 nitrogen and oxygen atoms in total. The number of carboxylic acid groups (broad SMARTS) is 1. The number of sulfonamides is 2. The molecule has 0 aliphatic carbocycles. The summed E-state index contributed by atoms with van der Waals surface area (Å²) in [5.74, 6) is -2.52. The number of aliphatic carboxylic acids is 1. The summed E-state index contributed by atoms with van der Waals surface area (Å²) >= 11 is 7.66. The summed E-state index contributed by atoms with van der Waals surface area (Å²) in [5.41, 5.74) is -2.59. The van der Waals surface area contributed by atoms with E-state index in [-0.39, 0.29) is 17.3 Å². The molecule has 1 atom stereocenters. The number of halogens is 5. The standard InChI is InChI=1S/C55H60ClF4N7O9S4/c1-35(2)67-36(3)50(53(68)63-78(4,71)72)51(52(67)37-10-12-40(56)13-11-37)39-30-41(57)32-45(31-39)66-28-26-65(27-29-66)44-16-14-42(15-17-44)62-80(75,76)47-18-19-48(49(33-47)79(73,74)55(58,59)60)61-43(34-77-46-8-6-5-7-9-46)22-25-64-23-20-38(21-24-64)54(69)70/h5-19,30-33,35,38,43,61-62H,20-29,34H2,1-4H3,(H,63,68)(H,69,70)/t43-/m1/s1. The monoisotopic (exact) mass is 1200 g/mol. The van der Waals surface area contributed by atoms with Crippen LogP contribution in [0.4, 0.5) is 40.3 Å². The van der Waals surface area contributed by atoms with Gasteiger partial charge in [-0.1, -0.05) is 41.9 Å². The van der Waals surface area contributed by atoms with Crippen LogP contribution in [0.25, 0.3) is 22.4 Å². The third kappa shape index (κ3) is 14.0. The summed E-state index contributed by atoms with van der Waals surface area (Å²) in [6.07, 6.45) is 2.08. The number of anilines is 4. The molecule has 3 heterocycles. The van der Waals surface area contributed by atoms with Crippen LogP contribution in [0.1, 0.15) is 55.2 Å². The van der Waals surface area contributed by atoms with Gasteiger partial charge in [0.05, 0.1) is 34.0 Å². The summed E-state index contributed by atoms with van der Waals surface area (Å²) in [6, 6.07) is 28.5. The fourth-order valence-corrected chi connectivity index (χ4v) is 13.8. The van der Waals surface area contributed by atoms with Crippen molar-refractivity contribution in [3.63, 3.8) is 0 Å². The molecule has 1 amide bonds. The second-order valence-corrected chi connectivity index (χ2v) is 26.9. The number of alkyl halides is 3. The second kappa shape index (κ2) is 24.4. The van der Waals surface area contributed by atoms with Crippen LogP contribution in [0.15, 0.2) is 130 Å². The number of piperidine rings is 1. The van der Waals surface area contributed by atoms with Gasteiger partial charge < -0.3 is 29.7 Å². The molecule has 80 heavy (non-hydrogen) atoms. The first-order valence-corrected chi connectivity index (χ1v) is 31.7. The Morgan fingerprint density at radius 3 is 2.00 bits per heavy atom. The minimum atomic E-state index is -6.10. The fraction of sp³-hybridized carbons (Fsp3) is 0.345. The molecular formula is C55H60ClF4N7O9S4. The topological polar surface area (TPSA) is 208 Å². The van der Waals surface area contributed by atoms with Gasteiger partial charge in [0.25, 0.3) is 25.8 Å². The molecule has 4 N–H and O–H groups in total. The number of rotatable bonds is 20. The van der Waals surface area contributed by atoms with Crippen molar-refractivity contribution >= 4 is 87.9 Å². The molecule has 25 heteroatoms. The first kappa shape index (κ1) is 59.8. The number of nitrogens with one attached hydrogen (secondary N) is 3. The number of carbonyl (C=O) groups is 2. The lowest BCUT2D eigenvalue weighted by Crippen LogP contribution is -2.46. The number of hydrogen-bond donors (Lipinski definition) is 4. The minimum absolute atomic E-state index is 0.0385. The molecular weight excluding hydrogens is 1140 g/mol. The Morgan fingerprint density at radius 1 is 0.787 bits per heavy atom. The third-order valence-corrected chi connectivity index (χ3v) is 18.9. The van der Waals surface area contributed by atoms with Gasteiger partial charge in [0.15, 0.2) is 0 Å². The third-order valence-electron chi connectivity index (χ3n) is 14.0. The molecule has 2 aliphatic heterocycles. The zero-order valence-electron chi connectivity index (χ0n) is 44.0. The van der Waals surface area contributed by atoms with Crippen LogP contribution >= 0.6 is 23.4 Å². The number of hydrogen-bond acceptors (Lipinski definition) is 13. The molecule has 0 saturated carbocycles. The van der Waals surface area contributed by atoms with E-state index in [0.29, 0.717) is 121 Å². The van der Waals surface area contributed by atoms with Gasteiger partial charge in [-0.3, -0.25) is 14.3 Å². The zero-order chi connectivity index (χ0) is 57.9. The molecule has 5 aromatic carbocycles. The van der Waals surface area contributed by atoms with Crippen molar-refractivity contribution in [1.82, 2.24) is 14.2 Å². The Labute approximate surface area is 472 Å². The Bertz CT molecular complexity index is 3580. The van der Waals surface area contributed by atoms with E-state index in [9.17, 15) is 53.1 Å². The molecule has 2 aliphatic rings. The van der Waals surface area contributed by atoms with E-state index in [0.717, 1.165) is 23.3 Å². The van der Waals surface area contributed by atoms with Crippen molar-refractivity contribution in [1.29, 1.82) is 0 Å². The van der Waals surface area contributed by atoms with Crippen molar-refractivity contribution in [2.45, 2.75) is 72.3 Å². The molecule has 0 unspecified atom stereocenters. The maximum Gasteiger partial charge on any atom is 0.501 e. The van der Waals surface area contributed by atoms with E-state index in [4.69, 9.17) is 11.6 Å². The largest absolute Gasteiger partial charge is 0.501 e. The predicted octanol–water partition coefficient (Wildman–Crippen LogP) is 10.4. The Balaban J connectivity index is 0.991. The van der Waals surface area contributed by atoms with Crippen molar-refractivity contribution < 1.29 is 57.5 Å². The summed E-state index contributed by atoms with van der Waals surface area (Å²) in [4.78, 5) is 30.3. The highest BCUT2D eigenvalue weighted by atomic mass is 35.5. The van der Waals surface area contributed by atoms with Gasteiger partial charge in [-0.2, -0.15) is 13.2 Å². The lowest BCUT2D eigenvalue weighted by molar-refractivity contribution is -0.143. The molecule has 428 valence electrons. The van der Waals surface area contributed by atoms with E-state index < -0.39 is 80.5 Å². The van der Waals surface area contributed by atoms with E-state index in [1.165, 1.54) is 36.0 Å². The first-order valence-electron chi connectivity index (χ1n) is 25.5. The number of carbonyl (C=O) groups excluding carboxylic acids is 1. The van der Waals surface area contributed by atoms with Gasteiger partial charge in [-0.15, -0.1) is 11.8 Å². The van der Waals surface area contributed by atoms with Crippen LogP contribution in [0.3, 0.4) is 0 Å². The minimum Gasteiger partial charge on any atom is -0.481 e. The zero-order valence-corrected chi connectivity index (χ0v) is 48.0. The SMILES string of the molecule is Cc1c(C(=O)NS(C)(=O)=O)c(-c2cc(F)cc(N3CCN(c4ccc(NS(=O)(=O)c5ccc(N[C@H](CCN6CCC(C(=O)O)CC6)CSc6ccccc6)c(S(=O)(=O)C(F)(F)F)c5)cc4)CC3)c2)c(-c2ccc(Cl)cc2)n1C(C)C. The number of piperazine rings is 1. The van der Waals surface area contributed by atoms with E-state index in [2.05, 4.69) is 19.7 Å². The number of amides is 1. The van der Waals surface area contributed by atoms with Gasteiger partial charge in [-0.25, -0.2) is 34.4 Å². The van der Waals surface area contributed by atoms with E-state index in [1.807, 2.05) is 58.5 Å². The van der Waals surface area contributed by atoms with Gasteiger partial charge in [0.1, 0.15) is 10.7 Å². The van der Waals surface area contributed by atoms with Crippen LogP contribution < -0.4 is 24.6 Å². The maximum atomic E-state index is 15.9. The average molecular weight is 1200 g/mol. The molecule has 2 fully saturated rings. The van der Waals surface area contributed by atoms with Crippen molar-refractivity contribution in [2.24, 2.45) is 5.92 Å². The number of likely N-dealkylation sites (tertiary alicyclic amines) is 1. The summed E-state index contributed by atoms with van der Waals surface area (Å²) in [6.45, 7) is 8.59. The predicted molar refractivity (Wildman–Crippen MR) is 305 cm³/mol. The number of thioether (sulfide) groups is 1. The first-order chi connectivity index (χ1) is 37.7. The number of aromatic nitrogens is 1. The molecule has 0 spiro atoms. The Morgan fingerprint density at radius 2 is 1.41 bits per heavy atom. The summed E-state index contributed by atoms with van der Waals surface area (Å²) in [5, 5.41) is 12.9. The lowest BCUT2D eigenvalue weighted by Gasteiger charge is -2.37. The highest BCUT2D eigenvalue weighted by Gasteiger charge is 2.48.